The number of carbonyl (C=O) groups excluding carboxylic acids is 1. The van der Waals surface area contributed by atoms with Crippen LogP contribution >= 0.6 is 0 Å². The molecule has 1 amide bonds. The summed E-state index contributed by atoms with van der Waals surface area (Å²) >= 11 is 0. The molecule has 0 aromatic heterocycles. The number of aryl methyl sites for hydroxylation is 1. The van der Waals surface area contributed by atoms with Crippen LogP contribution in [0.15, 0.2) is 24.3 Å². The van der Waals surface area contributed by atoms with Gasteiger partial charge in [0.2, 0.25) is 0 Å². The number of carbonyl (C=O) groups is 1. The van der Waals surface area contributed by atoms with Crippen molar-refractivity contribution >= 4 is 5.91 Å². The smallest absolute Gasteiger partial charge is 0.318 e. The summed E-state index contributed by atoms with van der Waals surface area (Å²) in [5.74, 6) is -2.05. The lowest BCUT2D eigenvalue weighted by molar-refractivity contribution is -0.357. The second kappa shape index (κ2) is 7.01. The molecule has 6 heteroatoms. The molecule has 0 saturated carbocycles. The van der Waals surface area contributed by atoms with Crippen molar-refractivity contribution in [3.8, 4) is 6.07 Å². The maximum absolute atomic E-state index is 12.1. The highest BCUT2D eigenvalue weighted by molar-refractivity contribution is 5.94. The van der Waals surface area contributed by atoms with E-state index in [9.17, 15) is 10.1 Å². The fourth-order valence-corrected chi connectivity index (χ4v) is 1.72. The Labute approximate surface area is 118 Å². The molecule has 0 aliphatic heterocycles. The molecule has 0 radical (unpaired) electrons. The van der Waals surface area contributed by atoms with Crippen LogP contribution in [0.5, 0.6) is 0 Å². The minimum atomic E-state index is -1.64. The minimum absolute atomic E-state index is 0.410. The van der Waals surface area contributed by atoms with Gasteiger partial charge in [0.15, 0.2) is 6.04 Å². The van der Waals surface area contributed by atoms with Gasteiger partial charge in [-0.2, -0.15) is 5.26 Å². The second-order valence-electron chi connectivity index (χ2n) is 4.12. The monoisotopic (exact) mass is 278 g/mol. The van der Waals surface area contributed by atoms with Gasteiger partial charge in [-0.1, -0.05) is 17.7 Å². The van der Waals surface area contributed by atoms with Crippen LogP contribution in [0, 0.1) is 18.3 Å². The number of methoxy groups -OCH3 is 3. The summed E-state index contributed by atoms with van der Waals surface area (Å²) in [6.07, 6.45) is 0. The first kappa shape index (κ1) is 16.1. The molecule has 0 bridgehead atoms. The maximum Gasteiger partial charge on any atom is 0.318 e. The summed E-state index contributed by atoms with van der Waals surface area (Å²) in [7, 11) is 3.99. The van der Waals surface area contributed by atoms with E-state index in [0.717, 1.165) is 5.56 Å². The van der Waals surface area contributed by atoms with Crippen LogP contribution in [0.25, 0.3) is 0 Å². The lowest BCUT2D eigenvalue weighted by Crippen LogP contribution is -2.55. The van der Waals surface area contributed by atoms with Gasteiger partial charge in [-0.15, -0.1) is 0 Å². The lowest BCUT2D eigenvalue weighted by atomic mass is 10.1. The molecule has 0 saturated heterocycles. The molecule has 1 atom stereocenters. The molecule has 6 nitrogen and oxygen atoms in total. The van der Waals surface area contributed by atoms with Crippen LogP contribution in [0.3, 0.4) is 0 Å². The lowest BCUT2D eigenvalue weighted by Gasteiger charge is -2.32. The van der Waals surface area contributed by atoms with E-state index >= 15 is 0 Å². The summed E-state index contributed by atoms with van der Waals surface area (Å²) in [4.78, 5) is 12.1. The van der Waals surface area contributed by atoms with Crippen molar-refractivity contribution in [2.75, 3.05) is 21.3 Å². The third-order valence-electron chi connectivity index (χ3n) is 2.93. The third-order valence-corrected chi connectivity index (χ3v) is 2.93. The van der Waals surface area contributed by atoms with E-state index in [1.165, 1.54) is 21.3 Å². The van der Waals surface area contributed by atoms with Crippen molar-refractivity contribution in [2.24, 2.45) is 0 Å². The Hall–Kier alpha value is -1.94. The van der Waals surface area contributed by atoms with Gasteiger partial charge in [0.05, 0.1) is 6.07 Å². The summed E-state index contributed by atoms with van der Waals surface area (Å²) in [6.45, 7) is 1.92. The molecule has 0 aliphatic rings. The Balaban J connectivity index is 2.91. The van der Waals surface area contributed by atoms with E-state index in [0.29, 0.717) is 5.56 Å². The molecule has 1 N–H and O–H groups in total. The van der Waals surface area contributed by atoms with E-state index < -0.39 is 17.9 Å². The number of benzene rings is 1. The van der Waals surface area contributed by atoms with E-state index in [1.54, 1.807) is 12.1 Å². The zero-order valence-electron chi connectivity index (χ0n) is 12.0. The number of rotatable bonds is 6. The Morgan fingerprint density at radius 2 is 1.70 bits per heavy atom. The van der Waals surface area contributed by atoms with Gasteiger partial charge in [-0.05, 0) is 19.1 Å². The predicted octanol–water partition coefficient (Wildman–Crippen LogP) is 1.21. The largest absolute Gasteiger partial charge is 0.330 e. The van der Waals surface area contributed by atoms with Crippen LogP contribution in [-0.2, 0) is 14.2 Å². The molecular formula is C14H18N2O4. The summed E-state index contributed by atoms with van der Waals surface area (Å²) < 4.78 is 15.2. The molecule has 20 heavy (non-hydrogen) atoms. The quantitative estimate of drug-likeness (QED) is 0.791. The Morgan fingerprint density at radius 3 is 2.10 bits per heavy atom. The van der Waals surface area contributed by atoms with Gasteiger partial charge in [0.25, 0.3) is 5.91 Å². The van der Waals surface area contributed by atoms with E-state index in [-0.39, 0.29) is 0 Å². The summed E-state index contributed by atoms with van der Waals surface area (Å²) in [5.41, 5.74) is 1.48. The van der Waals surface area contributed by atoms with E-state index in [2.05, 4.69) is 5.32 Å². The Morgan fingerprint density at radius 1 is 1.20 bits per heavy atom. The van der Waals surface area contributed by atoms with Crippen molar-refractivity contribution in [1.82, 2.24) is 5.32 Å². The molecule has 1 aromatic carbocycles. The molecule has 0 heterocycles. The number of hydrogen-bond donors (Lipinski definition) is 1. The molecule has 0 fully saturated rings. The van der Waals surface area contributed by atoms with Crippen molar-refractivity contribution in [3.63, 3.8) is 0 Å². The highest BCUT2D eigenvalue weighted by atomic mass is 16.9. The molecule has 1 aromatic rings. The normalized spacial score (nSPS) is 12.6. The van der Waals surface area contributed by atoms with Crippen molar-refractivity contribution in [3.05, 3.63) is 35.4 Å². The number of nitrogens with one attached hydrogen (secondary N) is 1. The highest BCUT2D eigenvalue weighted by Crippen LogP contribution is 2.18. The van der Waals surface area contributed by atoms with Crippen LogP contribution in [-0.4, -0.2) is 39.3 Å². The number of amides is 1. The van der Waals surface area contributed by atoms with Crippen LogP contribution in [0.1, 0.15) is 15.9 Å². The van der Waals surface area contributed by atoms with Gasteiger partial charge in [-0.25, -0.2) is 0 Å². The van der Waals surface area contributed by atoms with Crippen LogP contribution < -0.4 is 5.32 Å². The van der Waals surface area contributed by atoms with Gasteiger partial charge < -0.3 is 19.5 Å². The van der Waals surface area contributed by atoms with E-state index in [1.807, 2.05) is 25.1 Å². The van der Waals surface area contributed by atoms with Gasteiger partial charge in [0, 0.05) is 26.9 Å². The average Bonchev–Trinajstić information content (AvgIpc) is 2.48. The topological polar surface area (TPSA) is 80.6 Å². The zero-order chi connectivity index (χ0) is 15.2. The molecule has 0 aliphatic carbocycles. The minimum Gasteiger partial charge on any atom is -0.330 e. The first-order valence-corrected chi connectivity index (χ1v) is 5.95. The molecule has 108 valence electrons. The third kappa shape index (κ3) is 3.33. The van der Waals surface area contributed by atoms with Gasteiger partial charge >= 0.3 is 5.97 Å². The van der Waals surface area contributed by atoms with Gasteiger partial charge in [-0.3, -0.25) is 4.79 Å². The number of nitrogens with zero attached hydrogens (tertiary/aromatic N) is 1. The van der Waals surface area contributed by atoms with Crippen molar-refractivity contribution < 1.29 is 19.0 Å². The van der Waals surface area contributed by atoms with Gasteiger partial charge in [0.1, 0.15) is 0 Å². The number of hydrogen-bond acceptors (Lipinski definition) is 5. The molecule has 0 spiro atoms. The average molecular weight is 278 g/mol. The predicted molar refractivity (Wildman–Crippen MR) is 71.8 cm³/mol. The zero-order valence-corrected chi connectivity index (χ0v) is 12.0. The first-order chi connectivity index (χ1) is 9.52. The summed E-state index contributed by atoms with van der Waals surface area (Å²) in [5, 5.41) is 11.7. The van der Waals surface area contributed by atoms with Crippen molar-refractivity contribution in [1.29, 1.82) is 5.26 Å². The molecular weight excluding hydrogens is 260 g/mol. The second-order valence-corrected chi connectivity index (χ2v) is 4.12. The Bertz CT molecular complexity index is 481. The van der Waals surface area contributed by atoms with Crippen molar-refractivity contribution in [2.45, 2.75) is 18.9 Å². The Kier molecular flexibility index (Phi) is 5.65. The number of ether oxygens (including phenoxy) is 3. The van der Waals surface area contributed by atoms with Crippen LogP contribution in [0.2, 0.25) is 0 Å². The molecule has 0 unspecified atom stereocenters. The maximum atomic E-state index is 12.1. The van der Waals surface area contributed by atoms with Crippen LogP contribution in [0.4, 0.5) is 0 Å². The number of nitriles is 1. The standard InChI is InChI=1S/C14H18N2O4/c1-10-5-7-11(8-6-10)13(17)16-12(9-15)14(18-2,19-3)20-4/h5-8,12H,1-4H3,(H,16,17)/t12-/m1/s1. The molecule has 1 rings (SSSR count). The highest BCUT2D eigenvalue weighted by Gasteiger charge is 2.42. The fraction of sp³-hybridized carbons (Fsp3) is 0.429. The SMILES string of the molecule is COC(OC)(OC)[C@@H](C#N)NC(=O)c1ccc(C)cc1. The summed E-state index contributed by atoms with van der Waals surface area (Å²) in [6, 6.07) is 7.76. The first-order valence-electron chi connectivity index (χ1n) is 5.95. The van der Waals surface area contributed by atoms with E-state index in [4.69, 9.17) is 14.2 Å². The fourth-order valence-electron chi connectivity index (χ4n) is 1.72.